The van der Waals surface area contributed by atoms with Crippen molar-refractivity contribution in [2.75, 3.05) is 0 Å². The van der Waals surface area contributed by atoms with Crippen LogP contribution in [0.1, 0.15) is 46.7 Å². The van der Waals surface area contributed by atoms with E-state index in [0.29, 0.717) is 12.0 Å². The van der Waals surface area contributed by atoms with Crippen LogP contribution in [0, 0.1) is 6.92 Å². The summed E-state index contributed by atoms with van der Waals surface area (Å²) in [6, 6.07) is 7.75. The van der Waals surface area contributed by atoms with Crippen LogP contribution in [0.2, 0.25) is 0 Å². The summed E-state index contributed by atoms with van der Waals surface area (Å²) in [4.78, 5) is 23.4. The van der Waals surface area contributed by atoms with E-state index >= 15 is 0 Å². The molecule has 19 heavy (non-hydrogen) atoms. The largest absolute Gasteiger partial charge is 0.294 e. The van der Waals surface area contributed by atoms with Crippen LogP contribution in [0.5, 0.6) is 0 Å². The molecule has 1 aromatic carbocycles. The highest BCUT2D eigenvalue weighted by molar-refractivity contribution is 6.06. The molecular formula is C15H16N2O2. The lowest BCUT2D eigenvalue weighted by Crippen LogP contribution is -2.04. The van der Waals surface area contributed by atoms with Gasteiger partial charge in [0.25, 0.3) is 0 Å². The van der Waals surface area contributed by atoms with Gasteiger partial charge >= 0.3 is 0 Å². The molecule has 0 atom stereocenters. The highest BCUT2D eigenvalue weighted by Gasteiger charge is 2.18. The van der Waals surface area contributed by atoms with Crippen LogP contribution in [-0.4, -0.2) is 21.3 Å². The molecule has 0 radical (unpaired) electrons. The minimum atomic E-state index is -0.192. The molecule has 0 saturated carbocycles. The molecule has 0 aliphatic carbocycles. The second-order valence-electron chi connectivity index (χ2n) is 4.50. The Hall–Kier alpha value is -2.23. The van der Waals surface area contributed by atoms with Crippen molar-refractivity contribution in [1.82, 2.24) is 9.78 Å². The van der Waals surface area contributed by atoms with Gasteiger partial charge < -0.3 is 0 Å². The SMILES string of the molecule is CCC(=O)c1cn(-c2ccc(C)cc2)nc1C(C)=O. The van der Waals surface area contributed by atoms with E-state index in [1.165, 1.54) is 6.92 Å². The molecule has 2 rings (SSSR count). The standard InChI is InChI=1S/C15H16N2O2/c1-4-14(19)13-9-17(16-15(13)11(3)18)12-7-5-10(2)6-8-12/h5-9H,4H2,1-3H3. The summed E-state index contributed by atoms with van der Waals surface area (Å²) >= 11 is 0. The van der Waals surface area contributed by atoms with Crippen molar-refractivity contribution in [2.24, 2.45) is 0 Å². The Morgan fingerprint density at radius 2 is 1.84 bits per heavy atom. The summed E-state index contributed by atoms with van der Waals surface area (Å²) in [5, 5.41) is 4.22. The second-order valence-corrected chi connectivity index (χ2v) is 4.50. The summed E-state index contributed by atoms with van der Waals surface area (Å²) in [7, 11) is 0. The average Bonchev–Trinajstić information content (AvgIpc) is 2.84. The Labute approximate surface area is 112 Å². The third kappa shape index (κ3) is 2.62. The van der Waals surface area contributed by atoms with Gasteiger partial charge in [-0.05, 0) is 19.1 Å². The monoisotopic (exact) mass is 256 g/mol. The van der Waals surface area contributed by atoms with Crippen LogP contribution in [0.15, 0.2) is 30.5 Å². The zero-order valence-corrected chi connectivity index (χ0v) is 11.3. The Morgan fingerprint density at radius 1 is 1.21 bits per heavy atom. The molecule has 4 heteroatoms. The lowest BCUT2D eigenvalue weighted by Gasteiger charge is -2.00. The van der Waals surface area contributed by atoms with E-state index in [1.807, 2.05) is 31.2 Å². The van der Waals surface area contributed by atoms with Gasteiger partial charge in [-0.2, -0.15) is 5.10 Å². The van der Waals surface area contributed by atoms with Crippen molar-refractivity contribution < 1.29 is 9.59 Å². The second kappa shape index (κ2) is 5.18. The number of hydrogen-bond donors (Lipinski definition) is 0. The zero-order valence-electron chi connectivity index (χ0n) is 11.3. The quantitative estimate of drug-likeness (QED) is 0.790. The van der Waals surface area contributed by atoms with Crippen LogP contribution in [-0.2, 0) is 0 Å². The minimum Gasteiger partial charge on any atom is -0.294 e. The van der Waals surface area contributed by atoms with Crippen molar-refractivity contribution in [2.45, 2.75) is 27.2 Å². The van der Waals surface area contributed by atoms with E-state index in [0.717, 1.165) is 11.3 Å². The molecule has 1 aromatic heterocycles. The average molecular weight is 256 g/mol. The number of aryl methyl sites for hydroxylation is 1. The van der Waals surface area contributed by atoms with Gasteiger partial charge in [-0.3, -0.25) is 9.59 Å². The minimum absolute atomic E-state index is 0.0661. The van der Waals surface area contributed by atoms with E-state index < -0.39 is 0 Å². The van der Waals surface area contributed by atoms with Gasteiger partial charge in [0.15, 0.2) is 11.6 Å². The Morgan fingerprint density at radius 3 is 2.37 bits per heavy atom. The normalized spacial score (nSPS) is 10.5. The third-order valence-corrected chi connectivity index (χ3v) is 2.97. The van der Waals surface area contributed by atoms with Crippen molar-refractivity contribution in [1.29, 1.82) is 0 Å². The first kappa shape index (κ1) is 13.2. The van der Waals surface area contributed by atoms with Crippen LogP contribution >= 0.6 is 0 Å². The van der Waals surface area contributed by atoms with Gasteiger partial charge in [0.1, 0.15) is 5.69 Å². The van der Waals surface area contributed by atoms with Gasteiger partial charge in [-0.15, -0.1) is 0 Å². The summed E-state index contributed by atoms with van der Waals surface area (Å²) in [6.07, 6.45) is 1.99. The lowest BCUT2D eigenvalue weighted by molar-refractivity contribution is 0.0964. The maximum atomic E-state index is 11.8. The molecule has 0 bridgehead atoms. The van der Waals surface area contributed by atoms with E-state index in [4.69, 9.17) is 0 Å². The number of carbonyl (C=O) groups excluding carboxylic acids is 2. The van der Waals surface area contributed by atoms with Gasteiger partial charge in [0.05, 0.1) is 11.3 Å². The molecule has 4 nitrogen and oxygen atoms in total. The van der Waals surface area contributed by atoms with E-state index in [-0.39, 0.29) is 17.3 Å². The van der Waals surface area contributed by atoms with Crippen LogP contribution in [0.25, 0.3) is 5.69 Å². The molecule has 0 fully saturated rings. The third-order valence-electron chi connectivity index (χ3n) is 2.97. The summed E-state index contributed by atoms with van der Waals surface area (Å²) in [6.45, 7) is 5.20. The van der Waals surface area contributed by atoms with Crippen LogP contribution in [0.3, 0.4) is 0 Å². The summed E-state index contributed by atoms with van der Waals surface area (Å²) in [5.74, 6) is -0.258. The molecule has 0 saturated heterocycles. The predicted octanol–water partition coefficient (Wildman–Crippen LogP) is 2.98. The predicted molar refractivity (Wildman–Crippen MR) is 72.9 cm³/mol. The van der Waals surface area contributed by atoms with Crippen LogP contribution in [0.4, 0.5) is 0 Å². The number of ketones is 2. The fraction of sp³-hybridized carbons (Fsp3) is 0.267. The van der Waals surface area contributed by atoms with Gasteiger partial charge in [-0.1, -0.05) is 24.6 Å². The number of carbonyl (C=O) groups is 2. The topological polar surface area (TPSA) is 52.0 Å². The highest BCUT2D eigenvalue weighted by Crippen LogP contribution is 2.15. The fourth-order valence-corrected chi connectivity index (χ4v) is 1.86. The summed E-state index contributed by atoms with van der Waals surface area (Å²) in [5.41, 5.74) is 2.62. The van der Waals surface area contributed by atoms with Gasteiger partial charge in [0.2, 0.25) is 0 Å². The fourth-order valence-electron chi connectivity index (χ4n) is 1.86. The van der Waals surface area contributed by atoms with Crippen LogP contribution < -0.4 is 0 Å². The van der Waals surface area contributed by atoms with Crippen molar-refractivity contribution >= 4 is 11.6 Å². The van der Waals surface area contributed by atoms with E-state index in [9.17, 15) is 9.59 Å². The molecule has 1 heterocycles. The Bertz CT molecular complexity index is 624. The summed E-state index contributed by atoms with van der Waals surface area (Å²) < 4.78 is 1.58. The number of benzene rings is 1. The zero-order chi connectivity index (χ0) is 14.0. The van der Waals surface area contributed by atoms with Gasteiger partial charge in [0, 0.05) is 19.5 Å². The molecule has 0 unspecified atom stereocenters. The maximum Gasteiger partial charge on any atom is 0.180 e. The number of hydrogen-bond acceptors (Lipinski definition) is 3. The van der Waals surface area contributed by atoms with Gasteiger partial charge in [-0.25, -0.2) is 4.68 Å². The highest BCUT2D eigenvalue weighted by atomic mass is 16.1. The first-order valence-electron chi connectivity index (χ1n) is 6.23. The molecule has 0 N–H and O–H groups in total. The molecule has 98 valence electrons. The molecule has 0 spiro atoms. The first-order valence-corrected chi connectivity index (χ1v) is 6.23. The number of aromatic nitrogens is 2. The molecule has 0 amide bonds. The molecular weight excluding hydrogens is 240 g/mol. The lowest BCUT2D eigenvalue weighted by atomic mass is 10.1. The van der Waals surface area contributed by atoms with Crippen molar-refractivity contribution in [3.8, 4) is 5.69 Å². The van der Waals surface area contributed by atoms with E-state index in [1.54, 1.807) is 17.8 Å². The Kier molecular flexibility index (Phi) is 3.60. The first-order chi connectivity index (χ1) is 9.02. The smallest absolute Gasteiger partial charge is 0.180 e. The van der Waals surface area contributed by atoms with Crippen molar-refractivity contribution in [3.05, 3.63) is 47.3 Å². The Balaban J connectivity index is 2.51. The number of rotatable bonds is 4. The van der Waals surface area contributed by atoms with E-state index in [2.05, 4.69) is 5.10 Å². The molecule has 0 aliphatic heterocycles. The van der Waals surface area contributed by atoms with Crippen molar-refractivity contribution in [3.63, 3.8) is 0 Å². The number of nitrogens with zero attached hydrogens (tertiary/aromatic N) is 2. The number of Topliss-reactive ketones (excluding diaryl/α,β-unsaturated/α-hetero) is 2. The molecule has 0 aliphatic rings. The molecule has 2 aromatic rings. The maximum absolute atomic E-state index is 11.8.